The standard InChI is InChI=1S/C13H17N3O/c1-3-15-6-5-12-11(9-15)7-10(8-14)13(17)16(12)4-2/h7H,3-6,9H2,1-2H3. The average molecular weight is 231 g/mol. The molecular formula is C13H17N3O. The molecule has 1 aromatic heterocycles. The molecule has 2 rings (SSSR count). The zero-order chi connectivity index (χ0) is 12.4. The lowest BCUT2D eigenvalue weighted by Gasteiger charge is -2.29. The monoisotopic (exact) mass is 231 g/mol. The summed E-state index contributed by atoms with van der Waals surface area (Å²) in [6.07, 6.45) is 0.901. The molecule has 0 atom stereocenters. The van der Waals surface area contributed by atoms with E-state index in [9.17, 15) is 4.79 Å². The number of aromatic nitrogens is 1. The number of nitriles is 1. The quantitative estimate of drug-likeness (QED) is 0.766. The van der Waals surface area contributed by atoms with Crippen molar-refractivity contribution in [2.75, 3.05) is 13.1 Å². The van der Waals surface area contributed by atoms with Gasteiger partial charge in [-0.2, -0.15) is 5.26 Å². The highest BCUT2D eigenvalue weighted by Gasteiger charge is 2.20. The van der Waals surface area contributed by atoms with Gasteiger partial charge in [0.2, 0.25) is 0 Å². The molecule has 0 saturated carbocycles. The van der Waals surface area contributed by atoms with Crippen LogP contribution in [0.5, 0.6) is 0 Å². The third kappa shape index (κ3) is 1.98. The summed E-state index contributed by atoms with van der Waals surface area (Å²) in [6, 6.07) is 3.77. The van der Waals surface area contributed by atoms with Crippen LogP contribution in [0.4, 0.5) is 0 Å². The van der Waals surface area contributed by atoms with Gasteiger partial charge in [-0.05, 0) is 25.1 Å². The first-order valence-electron chi connectivity index (χ1n) is 6.09. The first-order chi connectivity index (χ1) is 8.21. The molecule has 0 bridgehead atoms. The van der Waals surface area contributed by atoms with E-state index in [1.807, 2.05) is 13.0 Å². The van der Waals surface area contributed by atoms with Crippen LogP contribution in [0.25, 0.3) is 0 Å². The fourth-order valence-corrected chi connectivity index (χ4v) is 2.46. The van der Waals surface area contributed by atoms with Gasteiger partial charge in [0.15, 0.2) is 0 Å². The van der Waals surface area contributed by atoms with Gasteiger partial charge in [-0.1, -0.05) is 6.92 Å². The average Bonchev–Trinajstić information content (AvgIpc) is 2.37. The summed E-state index contributed by atoms with van der Waals surface area (Å²) in [5.74, 6) is 0. The predicted molar refractivity (Wildman–Crippen MR) is 65.7 cm³/mol. The maximum absolute atomic E-state index is 12.0. The van der Waals surface area contributed by atoms with Crippen LogP contribution in [0.2, 0.25) is 0 Å². The molecule has 2 heterocycles. The Morgan fingerprint density at radius 3 is 2.76 bits per heavy atom. The van der Waals surface area contributed by atoms with E-state index in [0.29, 0.717) is 6.54 Å². The molecule has 0 saturated heterocycles. The molecule has 1 aromatic rings. The largest absolute Gasteiger partial charge is 0.311 e. The fourth-order valence-electron chi connectivity index (χ4n) is 2.46. The summed E-state index contributed by atoms with van der Waals surface area (Å²) in [5.41, 5.74) is 2.37. The molecule has 90 valence electrons. The van der Waals surface area contributed by atoms with Gasteiger partial charge in [0.05, 0.1) is 0 Å². The van der Waals surface area contributed by atoms with Crippen molar-refractivity contribution in [3.05, 3.63) is 33.2 Å². The lowest BCUT2D eigenvalue weighted by molar-refractivity contribution is 0.262. The molecule has 0 amide bonds. The van der Waals surface area contributed by atoms with Gasteiger partial charge in [0, 0.05) is 31.7 Å². The number of pyridine rings is 1. The van der Waals surface area contributed by atoms with Crippen LogP contribution >= 0.6 is 0 Å². The second kappa shape index (κ2) is 4.72. The molecular weight excluding hydrogens is 214 g/mol. The highest BCUT2D eigenvalue weighted by atomic mass is 16.1. The molecule has 4 nitrogen and oxygen atoms in total. The number of hydrogen-bond acceptors (Lipinski definition) is 3. The highest BCUT2D eigenvalue weighted by molar-refractivity contribution is 5.35. The van der Waals surface area contributed by atoms with Crippen molar-refractivity contribution < 1.29 is 0 Å². The van der Waals surface area contributed by atoms with Crippen LogP contribution in [0, 0.1) is 11.3 Å². The Morgan fingerprint density at radius 1 is 1.41 bits per heavy atom. The van der Waals surface area contributed by atoms with E-state index in [4.69, 9.17) is 5.26 Å². The number of nitrogens with zero attached hydrogens (tertiary/aromatic N) is 3. The SMILES string of the molecule is CCN1CCc2c(cc(C#N)c(=O)n2CC)C1. The molecule has 0 aliphatic carbocycles. The number of fused-ring (bicyclic) bond motifs is 1. The minimum absolute atomic E-state index is 0.140. The number of likely N-dealkylation sites (N-methyl/N-ethyl adjacent to an activating group) is 1. The van der Waals surface area contributed by atoms with Gasteiger partial charge in [-0.25, -0.2) is 0 Å². The Balaban J connectivity index is 2.57. The van der Waals surface area contributed by atoms with E-state index in [0.717, 1.165) is 37.3 Å². The van der Waals surface area contributed by atoms with Crippen LogP contribution in [0.3, 0.4) is 0 Å². The molecule has 4 heteroatoms. The Bertz CT molecular complexity index is 525. The minimum Gasteiger partial charge on any atom is -0.311 e. The summed E-state index contributed by atoms with van der Waals surface area (Å²) in [7, 11) is 0. The van der Waals surface area contributed by atoms with Crippen LogP contribution in [0.1, 0.15) is 30.7 Å². The van der Waals surface area contributed by atoms with E-state index in [1.165, 1.54) is 0 Å². The van der Waals surface area contributed by atoms with Crippen molar-refractivity contribution in [2.24, 2.45) is 0 Å². The normalized spacial score (nSPS) is 15.4. The zero-order valence-electron chi connectivity index (χ0n) is 10.4. The molecule has 1 aliphatic heterocycles. The van der Waals surface area contributed by atoms with E-state index in [-0.39, 0.29) is 11.1 Å². The van der Waals surface area contributed by atoms with Gasteiger partial charge >= 0.3 is 0 Å². The van der Waals surface area contributed by atoms with Gasteiger partial charge in [-0.3, -0.25) is 9.69 Å². The third-order valence-corrected chi connectivity index (χ3v) is 3.43. The third-order valence-electron chi connectivity index (χ3n) is 3.43. The van der Waals surface area contributed by atoms with E-state index in [2.05, 4.69) is 11.8 Å². The van der Waals surface area contributed by atoms with Crippen molar-refractivity contribution >= 4 is 0 Å². The Morgan fingerprint density at radius 2 is 2.18 bits per heavy atom. The summed E-state index contributed by atoms with van der Waals surface area (Å²) in [5, 5.41) is 8.99. The molecule has 1 aliphatic rings. The highest BCUT2D eigenvalue weighted by Crippen LogP contribution is 2.18. The Kier molecular flexibility index (Phi) is 3.30. The van der Waals surface area contributed by atoms with Gasteiger partial charge in [0.25, 0.3) is 5.56 Å². The fraction of sp³-hybridized carbons (Fsp3) is 0.538. The van der Waals surface area contributed by atoms with Crippen LogP contribution < -0.4 is 5.56 Å². The van der Waals surface area contributed by atoms with Gasteiger partial charge in [0.1, 0.15) is 11.6 Å². The molecule has 0 aromatic carbocycles. The van der Waals surface area contributed by atoms with Crippen molar-refractivity contribution in [3.8, 4) is 6.07 Å². The van der Waals surface area contributed by atoms with E-state index >= 15 is 0 Å². The smallest absolute Gasteiger partial charge is 0.268 e. The Hall–Kier alpha value is -1.60. The van der Waals surface area contributed by atoms with Crippen LogP contribution in [-0.2, 0) is 19.5 Å². The summed E-state index contributed by atoms with van der Waals surface area (Å²) < 4.78 is 1.75. The maximum atomic E-state index is 12.0. The molecule has 0 fully saturated rings. The molecule has 0 N–H and O–H groups in total. The lowest BCUT2D eigenvalue weighted by atomic mass is 10.0. The predicted octanol–water partition coefficient (Wildman–Crippen LogP) is 1.12. The first kappa shape index (κ1) is 11.9. The van der Waals surface area contributed by atoms with Crippen LogP contribution in [0.15, 0.2) is 10.9 Å². The van der Waals surface area contributed by atoms with Crippen LogP contribution in [-0.4, -0.2) is 22.6 Å². The molecule has 0 unspecified atom stereocenters. The second-order valence-electron chi connectivity index (χ2n) is 4.31. The second-order valence-corrected chi connectivity index (χ2v) is 4.31. The van der Waals surface area contributed by atoms with Crippen molar-refractivity contribution in [2.45, 2.75) is 33.4 Å². The zero-order valence-corrected chi connectivity index (χ0v) is 10.4. The lowest BCUT2D eigenvalue weighted by Crippen LogP contribution is -2.36. The van der Waals surface area contributed by atoms with Gasteiger partial charge < -0.3 is 4.57 Å². The van der Waals surface area contributed by atoms with E-state index < -0.39 is 0 Å². The minimum atomic E-state index is -0.140. The van der Waals surface area contributed by atoms with Crippen molar-refractivity contribution in [1.29, 1.82) is 5.26 Å². The first-order valence-corrected chi connectivity index (χ1v) is 6.09. The van der Waals surface area contributed by atoms with Crippen molar-refractivity contribution in [3.63, 3.8) is 0 Å². The molecule has 0 radical (unpaired) electrons. The number of hydrogen-bond donors (Lipinski definition) is 0. The molecule has 0 spiro atoms. The van der Waals surface area contributed by atoms with E-state index in [1.54, 1.807) is 10.6 Å². The topological polar surface area (TPSA) is 49.0 Å². The van der Waals surface area contributed by atoms with Gasteiger partial charge in [-0.15, -0.1) is 0 Å². The van der Waals surface area contributed by atoms with Crippen molar-refractivity contribution in [1.82, 2.24) is 9.47 Å². The number of rotatable bonds is 2. The maximum Gasteiger partial charge on any atom is 0.268 e. The summed E-state index contributed by atoms with van der Waals surface area (Å²) in [6.45, 7) is 7.58. The summed E-state index contributed by atoms with van der Waals surface area (Å²) >= 11 is 0. The molecule has 17 heavy (non-hydrogen) atoms. The Labute approximate surface area is 101 Å². The summed E-state index contributed by atoms with van der Waals surface area (Å²) in [4.78, 5) is 14.3.